The minimum atomic E-state index is -0.151. The van der Waals surface area contributed by atoms with Gasteiger partial charge in [0.05, 0.1) is 24.2 Å². The number of pyridine rings is 1. The maximum absolute atomic E-state index is 12.6. The van der Waals surface area contributed by atoms with Crippen molar-refractivity contribution in [3.63, 3.8) is 0 Å². The standard InChI is InChI=1S/C23H18ClN5O/c1-15(18-6-9-20(24)10-7-18)27-23-26-13-19-8-11-21(30)29(22(19)28-23)14-17-4-2-16(12-25)3-5-17/h2-11,13,15H,14H2,1H3,(H,26,27,28). The van der Waals surface area contributed by atoms with Crippen LogP contribution in [0, 0.1) is 11.3 Å². The number of fused-ring (bicyclic) bond motifs is 1. The molecule has 0 saturated carbocycles. The lowest BCUT2D eigenvalue weighted by atomic mass is 10.1. The zero-order chi connectivity index (χ0) is 21.1. The van der Waals surface area contributed by atoms with Crippen molar-refractivity contribution in [1.82, 2.24) is 14.5 Å². The van der Waals surface area contributed by atoms with E-state index in [0.29, 0.717) is 28.7 Å². The molecule has 6 nitrogen and oxygen atoms in total. The fourth-order valence-electron chi connectivity index (χ4n) is 3.19. The Bertz CT molecular complexity index is 1290. The number of halogens is 1. The van der Waals surface area contributed by atoms with E-state index in [2.05, 4.69) is 21.4 Å². The lowest BCUT2D eigenvalue weighted by Gasteiger charge is -2.15. The molecule has 0 radical (unpaired) electrons. The molecule has 0 saturated heterocycles. The molecule has 1 N–H and O–H groups in total. The number of anilines is 1. The molecule has 2 aromatic heterocycles. The summed E-state index contributed by atoms with van der Waals surface area (Å²) in [5.41, 5.74) is 2.93. The van der Waals surface area contributed by atoms with Crippen molar-refractivity contribution >= 4 is 28.6 Å². The highest BCUT2D eigenvalue weighted by molar-refractivity contribution is 6.30. The van der Waals surface area contributed by atoms with Crippen LogP contribution in [0.15, 0.2) is 71.7 Å². The smallest absolute Gasteiger partial charge is 0.252 e. The van der Waals surface area contributed by atoms with Crippen molar-refractivity contribution in [3.8, 4) is 6.07 Å². The Kier molecular flexibility index (Phi) is 5.46. The second-order valence-electron chi connectivity index (χ2n) is 6.96. The molecule has 0 bridgehead atoms. The SMILES string of the molecule is CC(Nc1ncc2ccc(=O)n(Cc3ccc(C#N)cc3)c2n1)c1ccc(Cl)cc1. The molecular weight excluding hydrogens is 398 g/mol. The van der Waals surface area contributed by atoms with Crippen molar-refractivity contribution in [2.75, 3.05) is 5.32 Å². The molecule has 7 heteroatoms. The lowest BCUT2D eigenvalue weighted by Crippen LogP contribution is -2.21. The Morgan fingerprint density at radius 3 is 2.53 bits per heavy atom. The summed E-state index contributed by atoms with van der Waals surface area (Å²) in [5, 5.41) is 13.7. The first-order valence-electron chi connectivity index (χ1n) is 9.41. The summed E-state index contributed by atoms with van der Waals surface area (Å²) in [6.45, 7) is 2.36. The maximum Gasteiger partial charge on any atom is 0.252 e. The van der Waals surface area contributed by atoms with Crippen molar-refractivity contribution in [2.24, 2.45) is 0 Å². The van der Waals surface area contributed by atoms with Crippen LogP contribution in [0.4, 0.5) is 5.95 Å². The van der Waals surface area contributed by atoms with Gasteiger partial charge in [-0.15, -0.1) is 0 Å². The third-order valence-corrected chi connectivity index (χ3v) is 5.11. The molecule has 1 unspecified atom stereocenters. The van der Waals surface area contributed by atoms with E-state index in [9.17, 15) is 4.79 Å². The summed E-state index contributed by atoms with van der Waals surface area (Å²) in [6, 6.07) is 20.0. The fraction of sp³-hybridized carbons (Fsp3) is 0.130. The van der Waals surface area contributed by atoms with Gasteiger partial charge in [-0.2, -0.15) is 10.2 Å². The van der Waals surface area contributed by atoms with Crippen LogP contribution in [0.5, 0.6) is 0 Å². The van der Waals surface area contributed by atoms with Crippen molar-refractivity contribution < 1.29 is 0 Å². The Morgan fingerprint density at radius 2 is 1.83 bits per heavy atom. The fourth-order valence-corrected chi connectivity index (χ4v) is 3.32. The molecule has 148 valence electrons. The molecule has 4 aromatic rings. The number of nitriles is 1. The van der Waals surface area contributed by atoms with Gasteiger partial charge in [-0.05, 0) is 48.4 Å². The van der Waals surface area contributed by atoms with E-state index in [1.807, 2.05) is 43.3 Å². The first-order valence-corrected chi connectivity index (χ1v) is 9.79. The van der Waals surface area contributed by atoms with Gasteiger partial charge in [0.2, 0.25) is 5.95 Å². The molecule has 0 aliphatic heterocycles. The summed E-state index contributed by atoms with van der Waals surface area (Å²) in [5.74, 6) is 0.434. The van der Waals surface area contributed by atoms with Gasteiger partial charge in [0, 0.05) is 22.7 Å². The van der Waals surface area contributed by atoms with Gasteiger partial charge in [-0.1, -0.05) is 35.9 Å². The second kappa shape index (κ2) is 8.36. The highest BCUT2D eigenvalue weighted by Crippen LogP contribution is 2.20. The summed E-state index contributed by atoms with van der Waals surface area (Å²) in [6.07, 6.45) is 1.70. The summed E-state index contributed by atoms with van der Waals surface area (Å²) in [7, 11) is 0. The van der Waals surface area contributed by atoms with E-state index in [-0.39, 0.29) is 11.6 Å². The van der Waals surface area contributed by atoms with Crippen LogP contribution < -0.4 is 10.9 Å². The molecule has 0 spiro atoms. The number of aromatic nitrogens is 3. The third kappa shape index (κ3) is 4.17. The highest BCUT2D eigenvalue weighted by Gasteiger charge is 2.11. The summed E-state index contributed by atoms with van der Waals surface area (Å²) >= 11 is 5.96. The van der Waals surface area contributed by atoms with Crippen LogP contribution in [-0.4, -0.2) is 14.5 Å². The van der Waals surface area contributed by atoms with E-state index >= 15 is 0 Å². The number of hydrogen-bond acceptors (Lipinski definition) is 5. The molecule has 4 rings (SSSR count). The van der Waals surface area contributed by atoms with Gasteiger partial charge in [-0.3, -0.25) is 9.36 Å². The quantitative estimate of drug-likeness (QED) is 0.517. The average molecular weight is 416 g/mol. The van der Waals surface area contributed by atoms with Crippen molar-refractivity contribution in [1.29, 1.82) is 5.26 Å². The number of hydrogen-bond donors (Lipinski definition) is 1. The number of nitrogens with one attached hydrogen (secondary N) is 1. The number of nitrogens with zero attached hydrogens (tertiary/aromatic N) is 4. The molecule has 2 aromatic carbocycles. The Morgan fingerprint density at radius 1 is 1.10 bits per heavy atom. The van der Waals surface area contributed by atoms with Gasteiger partial charge in [0.25, 0.3) is 5.56 Å². The predicted molar refractivity (Wildman–Crippen MR) is 118 cm³/mol. The van der Waals surface area contributed by atoms with Crippen LogP contribution in [-0.2, 0) is 6.54 Å². The maximum atomic E-state index is 12.6. The summed E-state index contributed by atoms with van der Waals surface area (Å²) < 4.78 is 1.61. The molecule has 0 aliphatic carbocycles. The minimum absolute atomic E-state index is 0.0397. The Hall–Kier alpha value is -3.69. The van der Waals surface area contributed by atoms with Crippen molar-refractivity contribution in [3.05, 3.63) is 98.9 Å². The average Bonchev–Trinajstić information content (AvgIpc) is 2.76. The summed E-state index contributed by atoms with van der Waals surface area (Å²) in [4.78, 5) is 21.6. The zero-order valence-corrected chi connectivity index (χ0v) is 17.0. The number of rotatable bonds is 5. The third-order valence-electron chi connectivity index (χ3n) is 4.86. The first-order chi connectivity index (χ1) is 14.5. The monoisotopic (exact) mass is 415 g/mol. The molecule has 1 atom stereocenters. The Labute approximate surface area is 178 Å². The molecule has 0 amide bonds. The number of benzene rings is 2. The van der Waals surface area contributed by atoms with Crippen LogP contribution in [0.2, 0.25) is 5.02 Å². The molecule has 0 fully saturated rings. The van der Waals surface area contributed by atoms with E-state index in [1.165, 1.54) is 6.07 Å². The first kappa shape index (κ1) is 19.6. The van der Waals surface area contributed by atoms with E-state index < -0.39 is 0 Å². The van der Waals surface area contributed by atoms with Crippen LogP contribution in [0.1, 0.15) is 29.7 Å². The molecule has 2 heterocycles. The van der Waals surface area contributed by atoms with E-state index in [4.69, 9.17) is 16.9 Å². The highest BCUT2D eigenvalue weighted by atomic mass is 35.5. The molecule has 0 aliphatic rings. The normalized spacial score (nSPS) is 11.8. The largest absolute Gasteiger partial charge is 0.348 e. The Balaban J connectivity index is 1.67. The molecular formula is C23H18ClN5O. The topological polar surface area (TPSA) is 83.6 Å². The predicted octanol–water partition coefficient (Wildman–Crippen LogP) is 4.54. The lowest BCUT2D eigenvalue weighted by molar-refractivity contribution is 0.778. The van der Waals surface area contributed by atoms with Crippen molar-refractivity contribution in [2.45, 2.75) is 19.5 Å². The minimum Gasteiger partial charge on any atom is -0.348 e. The van der Waals surface area contributed by atoms with Gasteiger partial charge in [0.15, 0.2) is 0 Å². The van der Waals surface area contributed by atoms with Gasteiger partial charge < -0.3 is 5.32 Å². The van der Waals surface area contributed by atoms with Crippen LogP contribution in [0.25, 0.3) is 11.0 Å². The van der Waals surface area contributed by atoms with Crippen LogP contribution >= 0.6 is 11.6 Å². The van der Waals surface area contributed by atoms with Crippen LogP contribution in [0.3, 0.4) is 0 Å². The second-order valence-corrected chi connectivity index (χ2v) is 7.39. The van der Waals surface area contributed by atoms with Gasteiger partial charge in [-0.25, -0.2) is 4.98 Å². The molecule has 30 heavy (non-hydrogen) atoms. The van der Waals surface area contributed by atoms with E-state index in [0.717, 1.165) is 16.5 Å². The zero-order valence-electron chi connectivity index (χ0n) is 16.2. The van der Waals surface area contributed by atoms with Gasteiger partial charge >= 0.3 is 0 Å². The van der Waals surface area contributed by atoms with E-state index in [1.54, 1.807) is 29.0 Å². The van der Waals surface area contributed by atoms with Gasteiger partial charge in [0.1, 0.15) is 5.65 Å².